The fourth-order valence-electron chi connectivity index (χ4n) is 7.04. The van der Waals surface area contributed by atoms with Crippen LogP contribution >= 0.6 is 0 Å². The van der Waals surface area contributed by atoms with E-state index in [1.54, 1.807) is 6.08 Å². The molecule has 5 heteroatoms. The number of hydrogen-bond donors (Lipinski definition) is 3. The molecule has 4 aliphatic carbocycles. The van der Waals surface area contributed by atoms with Crippen LogP contribution in [0.15, 0.2) is 11.6 Å². The summed E-state index contributed by atoms with van der Waals surface area (Å²) in [5.74, 6) is -0.610. The molecule has 6 unspecified atom stereocenters. The van der Waals surface area contributed by atoms with Crippen LogP contribution in [-0.4, -0.2) is 38.8 Å². The van der Waals surface area contributed by atoms with E-state index in [1.165, 1.54) is 5.57 Å². The number of fused-ring (bicyclic) bond motifs is 5. The lowest BCUT2D eigenvalue weighted by Crippen LogP contribution is -2.61. The summed E-state index contributed by atoms with van der Waals surface area (Å²) in [6, 6.07) is 0. The molecule has 0 aliphatic heterocycles. The Bertz CT molecular complexity index is 669. The van der Waals surface area contributed by atoms with E-state index >= 15 is 0 Å². The largest absolute Gasteiger partial charge is 0.479 e. The van der Waals surface area contributed by atoms with Crippen molar-refractivity contribution in [2.24, 2.45) is 28.6 Å². The molecular weight excluding hydrogens is 320 g/mol. The predicted molar refractivity (Wildman–Crippen MR) is 90.7 cm³/mol. The van der Waals surface area contributed by atoms with Gasteiger partial charge < -0.3 is 15.3 Å². The first kappa shape index (κ1) is 17.2. The number of ketones is 1. The number of carboxylic acids is 1. The predicted octanol–water partition coefficient (Wildman–Crippen LogP) is 2.30. The number of aliphatic hydroxyl groups excluding tert-OH is 1. The second kappa shape index (κ2) is 5.17. The number of aliphatic carboxylic acids is 1. The van der Waals surface area contributed by atoms with Crippen molar-refractivity contribution in [3.8, 4) is 0 Å². The van der Waals surface area contributed by atoms with Gasteiger partial charge in [-0.2, -0.15) is 0 Å². The molecule has 0 spiro atoms. The van der Waals surface area contributed by atoms with Crippen molar-refractivity contribution in [2.75, 3.05) is 0 Å². The summed E-state index contributed by atoms with van der Waals surface area (Å²) in [4.78, 5) is 23.7. The maximum atomic E-state index is 11.9. The first-order chi connectivity index (χ1) is 11.6. The Labute approximate surface area is 148 Å². The zero-order valence-corrected chi connectivity index (χ0v) is 15.0. The first-order valence-corrected chi connectivity index (χ1v) is 9.51. The van der Waals surface area contributed by atoms with Crippen molar-refractivity contribution in [3.05, 3.63) is 11.6 Å². The lowest BCUT2D eigenvalue weighted by Gasteiger charge is -2.60. The van der Waals surface area contributed by atoms with Gasteiger partial charge in [0.1, 0.15) is 0 Å². The average Bonchev–Trinajstić information content (AvgIpc) is 2.80. The molecule has 5 nitrogen and oxygen atoms in total. The summed E-state index contributed by atoms with van der Waals surface area (Å²) in [5, 5.41) is 31.6. The summed E-state index contributed by atoms with van der Waals surface area (Å²) in [6.07, 6.45) is 5.43. The third-order valence-electron chi connectivity index (χ3n) is 8.40. The van der Waals surface area contributed by atoms with E-state index < -0.39 is 23.1 Å². The van der Waals surface area contributed by atoms with E-state index in [2.05, 4.69) is 6.92 Å². The zero-order chi connectivity index (χ0) is 18.2. The molecule has 4 rings (SSSR count). The zero-order valence-electron chi connectivity index (χ0n) is 15.0. The van der Waals surface area contributed by atoms with Gasteiger partial charge in [0.05, 0.1) is 6.10 Å². The van der Waals surface area contributed by atoms with Crippen molar-refractivity contribution in [3.63, 3.8) is 0 Å². The molecule has 3 N–H and O–H groups in total. The van der Waals surface area contributed by atoms with Crippen LogP contribution in [0, 0.1) is 28.6 Å². The molecule has 0 aromatic rings. The second-order valence-corrected chi connectivity index (χ2v) is 9.28. The third kappa shape index (κ3) is 2.02. The number of hydrogen-bond acceptors (Lipinski definition) is 4. The lowest BCUT2D eigenvalue weighted by molar-refractivity contribution is -0.194. The topological polar surface area (TPSA) is 94.8 Å². The van der Waals surface area contributed by atoms with Crippen molar-refractivity contribution in [2.45, 2.75) is 70.5 Å². The minimum Gasteiger partial charge on any atom is -0.479 e. The molecule has 0 aromatic heterocycles. The highest BCUT2D eigenvalue weighted by Crippen LogP contribution is 2.67. The van der Waals surface area contributed by atoms with Crippen molar-refractivity contribution >= 4 is 11.8 Å². The van der Waals surface area contributed by atoms with Crippen LogP contribution in [-0.2, 0) is 9.59 Å². The SMILES string of the molecule is CC12CCC(=O)C=C1CCC1C2C(O)CC2(C)C1CC[C@]2(O)C(=O)O. The van der Waals surface area contributed by atoms with Gasteiger partial charge in [-0.1, -0.05) is 19.4 Å². The highest BCUT2D eigenvalue weighted by Gasteiger charge is 2.68. The van der Waals surface area contributed by atoms with Gasteiger partial charge in [0.25, 0.3) is 0 Å². The van der Waals surface area contributed by atoms with Crippen LogP contribution in [0.2, 0.25) is 0 Å². The number of allylic oxidation sites excluding steroid dienone is 1. The number of rotatable bonds is 1. The fourth-order valence-corrected chi connectivity index (χ4v) is 7.04. The molecule has 3 saturated carbocycles. The minimum absolute atomic E-state index is 0.0508. The van der Waals surface area contributed by atoms with E-state index in [9.17, 15) is 24.9 Å². The monoisotopic (exact) mass is 348 g/mol. The van der Waals surface area contributed by atoms with E-state index in [-0.39, 0.29) is 35.4 Å². The summed E-state index contributed by atoms with van der Waals surface area (Å²) < 4.78 is 0. The Morgan fingerprint density at radius 3 is 2.60 bits per heavy atom. The van der Waals surface area contributed by atoms with Gasteiger partial charge in [-0.15, -0.1) is 0 Å². The Hall–Kier alpha value is -1.20. The van der Waals surface area contributed by atoms with Crippen molar-refractivity contribution in [1.29, 1.82) is 0 Å². The molecule has 0 heterocycles. The van der Waals surface area contributed by atoms with Gasteiger partial charge in [-0.3, -0.25) is 4.79 Å². The van der Waals surface area contributed by atoms with E-state index in [0.29, 0.717) is 19.3 Å². The van der Waals surface area contributed by atoms with Crippen LogP contribution in [0.1, 0.15) is 58.8 Å². The molecule has 3 fully saturated rings. The Morgan fingerprint density at radius 2 is 1.92 bits per heavy atom. The average molecular weight is 348 g/mol. The van der Waals surface area contributed by atoms with Gasteiger partial charge in [0.2, 0.25) is 0 Å². The molecule has 0 amide bonds. The standard InChI is InChI=1S/C20H28O5/c1-18-7-5-12(21)9-11(18)3-4-13-14-6-8-20(25,17(23)24)19(14,2)10-15(22)16(13)18/h9,13-16,22,25H,3-8,10H2,1-2H3,(H,23,24)/t13?,14?,15?,16?,18?,19?,20-/m0/s1. The van der Waals surface area contributed by atoms with Gasteiger partial charge in [-0.05, 0) is 67.8 Å². The number of carbonyl (C=O) groups is 2. The molecule has 0 aromatic carbocycles. The molecule has 7 atom stereocenters. The van der Waals surface area contributed by atoms with E-state index in [0.717, 1.165) is 19.3 Å². The van der Waals surface area contributed by atoms with Gasteiger partial charge in [-0.25, -0.2) is 4.79 Å². The molecule has 0 saturated heterocycles. The highest BCUT2D eigenvalue weighted by atomic mass is 16.4. The summed E-state index contributed by atoms with van der Waals surface area (Å²) >= 11 is 0. The number of aliphatic hydroxyl groups is 2. The molecule has 0 bridgehead atoms. The summed E-state index contributed by atoms with van der Waals surface area (Å²) in [6.45, 7) is 4.03. The Kier molecular flexibility index (Phi) is 3.56. The van der Waals surface area contributed by atoms with E-state index in [1.807, 2.05) is 6.92 Å². The van der Waals surface area contributed by atoms with Gasteiger partial charge >= 0.3 is 5.97 Å². The molecule has 0 radical (unpaired) electrons. The molecule has 4 aliphatic rings. The molecule has 25 heavy (non-hydrogen) atoms. The third-order valence-corrected chi connectivity index (χ3v) is 8.40. The Morgan fingerprint density at radius 1 is 1.20 bits per heavy atom. The molecular formula is C20H28O5. The lowest BCUT2D eigenvalue weighted by atomic mass is 9.45. The second-order valence-electron chi connectivity index (χ2n) is 9.28. The number of carboxylic acid groups (broad SMARTS) is 1. The van der Waals surface area contributed by atoms with Crippen molar-refractivity contribution < 1.29 is 24.9 Å². The maximum Gasteiger partial charge on any atom is 0.336 e. The van der Waals surface area contributed by atoms with Crippen LogP contribution in [0.25, 0.3) is 0 Å². The summed E-state index contributed by atoms with van der Waals surface area (Å²) in [5.41, 5.74) is -1.55. The maximum absolute atomic E-state index is 11.9. The van der Waals surface area contributed by atoms with Crippen LogP contribution in [0.3, 0.4) is 0 Å². The normalized spacial score (nSPS) is 52.0. The van der Waals surface area contributed by atoms with Gasteiger partial charge in [0, 0.05) is 11.8 Å². The Balaban J connectivity index is 1.75. The van der Waals surface area contributed by atoms with Crippen LogP contribution < -0.4 is 0 Å². The first-order valence-electron chi connectivity index (χ1n) is 9.51. The summed E-state index contributed by atoms with van der Waals surface area (Å²) in [7, 11) is 0. The van der Waals surface area contributed by atoms with Gasteiger partial charge in [0.15, 0.2) is 11.4 Å². The fraction of sp³-hybridized carbons (Fsp3) is 0.800. The van der Waals surface area contributed by atoms with Crippen LogP contribution in [0.4, 0.5) is 0 Å². The van der Waals surface area contributed by atoms with Crippen molar-refractivity contribution in [1.82, 2.24) is 0 Å². The molecule has 138 valence electrons. The van der Waals surface area contributed by atoms with E-state index in [4.69, 9.17) is 0 Å². The number of carbonyl (C=O) groups excluding carboxylic acids is 1. The highest BCUT2D eigenvalue weighted by molar-refractivity contribution is 5.91. The smallest absolute Gasteiger partial charge is 0.336 e. The quantitative estimate of drug-likeness (QED) is 0.676. The van der Waals surface area contributed by atoms with Crippen LogP contribution in [0.5, 0.6) is 0 Å². The minimum atomic E-state index is -1.75.